The molecule has 0 bridgehead atoms. The van der Waals surface area contributed by atoms with Crippen LogP contribution in [0.3, 0.4) is 0 Å². The van der Waals surface area contributed by atoms with Crippen LogP contribution < -0.4 is 4.72 Å². The largest absolute Gasteiger partial charge is 0.480 e. The molecule has 2 N–H and O–H groups in total. The Bertz CT molecular complexity index is 352. The van der Waals surface area contributed by atoms with Crippen molar-refractivity contribution in [2.24, 2.45) is 5.92 Å². The summed E-state index contributed by atoms with van der Waals surface area (Å²) in [7, 11) is -2.14. The molecule has 0 saturated heterocycles. The maximum Gasteiger partial charge on any atom is 0.321 e. The number of methoxy groups -OCH3 is 1. The number of ether oxygens (including phenoxy) is 1. The van der Waals surface area contributed by atoms with Crippen molar-refractivity contribution in [1.82, 2.24) is 4.72 Å². The molecular formula is C11H23NO5S. The summed E-state index contributed by atoms with van der Waals surface area (Å²) in [6, 6.07) is -1.07. The van der Waals surface area contributed by atoms with Crippen molar-refractivity contribution in [3.63, 3.8) is 0 Å². The maximum absolute atomic E-state index is 11.9. The molecule has 2 atom stereocenters. The summed E-state index contributed by atoms with van der Waals surface area (Å²) in [4.78, 5) is 11.0. The van der Waals surface area contributed by atoms with E-state index in [2.05, 4.69) is 4.72 Å². The van der Waals surface area contributed by atoms with Crippen molar-refractivity contribution >= 4 is 16.0 Å². The minimum Gasteiger partial charge on any atom is -0.480 e. The zero-order valence-electron chi connectivity index (χ0n) is 11.3. The second kappa shape index (κ2) is 7.70. The summed E-state index contributed by atoms with van der Waals surface area (Å²) < 4.78 is 30.9. The molecule has 0 amide bonds. The van der Waals surface area contributed by atoms with Crippen molar-refractivity contribution < 1.29 is 23.1 Å². The van der Waals surface area contributed by atoms with Crippen LogP contribution in [0.5, 0.6) is 0 Å². The Balaban J connectivity index is 4.64. The lowest BCUT2D eigenvalue weighted by Crippen LogP contribution is -2.45. The number of rotatable bonds is 9. The lowest BCUT2D eigenvalue weighted by molar-refractivity contribution is -0.139. The van der Waals surface area contributed by atoms with Crippen LogP contribution in [0.2, 0.25) is 0 Å². The zero-order chi connectivity index (χ0) is 14.3. The molecule has 0 aliphatic heterocycles. The van der Waals surface area contributed by atoms with E-state index in [1.54, 1.807) is 0 Å². The highest BCUT2D eigenvalue weighted by Crippen LogP contribution is 2.10. The van der Waals surface area contributed by atoms with Crippen molar-refractivity contribution in [2.75, 3.05) is 13.7 Å². The SMILES string of the molecule is COCCC(C)S(=O)(=O)N[C@@H](CC(C)C)C(=O)O. The molecule has 0 saturated carbocycles. The van der Waals surface area contributed by atoms with Gasteiger partial charge < -0.3 is 9.84 Å². The molecule has 0 rings (SSSR count). The Morgan fingerprint density at radius 2 is 1.89 bits per heavy atom. The predicted octanol–water partition coefficient (Wildman–Crippen LogP) is 0.830. The third-order valence-electron chi connectivity index (χ3n) is 2.57. The topological polar surface area (TPSA) is 92.7 Å². The fraction of sp³-hybridized carbons (Fsp3) is 0.909. The number of carboxylic acid groups (broad SMARTS) is 1. The summed E-state index contributed by atoms with van der Waals surface area (Å²) in [5, 5.41) is 8.32. The van der Waals surface area contributed by atoms with Crippen LogP contribution in [0.4, 0.5) is 0 Å². The molecule has 0 heterocycles. The molecule has 18 heavy (non-hydrogen) atoms. The van der Waals surface area contributed by atoms with E-state index in [9.17, 15) is 13.2 Å². The Morgan fingerprint density at radius 1 is 1.33 bits per heavy atom. The van der Waals surface area contributed by atoms with Gasteiger partial charge >= 0.3 is 5.97 Å². The smallest absolute Gasteiger partial charge is 0.321 e. The van der Waals surface area contributed by atoms with Gasteiger partial charge in [0.05, 0.1) is 5.25 Å². The van der Waals surface area contributed by atoms with Crippen molar-refractivity contribution in [1.29, 1.82) is 0 Å². The minimum absolute atomic E-state index is 0.100. The Hall–Kier alpha value is -0.660. The van der Waals surface area contributed by atoms with E-state index in [0.717, 1.165) is 0 Å². The van der Waals surface area contributed by atoms with Gasteiger partial charge in [0.25, 0.3) is 0 Å². The molecule has 0 spiro atoms. The van der Waals surface area contributed by atoms with Gasteiger partial charge in [-0.25, -0.2) is 13.1 Å². The zero-order valence-corrected chi connectivity index (χ0v) is 12.2. The van der Waals surface area contributed by atoms with Gasteiger partial charge in [0.2, 0.25) is 10.0 Å². The third kappa shape index (κ3) is 6.32. The predicted molar refractivity (Wildman–Crippen MR) is 68.9 cm³/mol. The summed E-state index contributed by atoms with van der Waals surface area (Å²) in [6.45, 7) is 5.55. The molecule has 1 unspecified atom stereocenters. The molecule has 0 fully saturated rings. The van der Waals surface area contributed by atoms with Crippen LogP contribution in [0, 0.1) is 5.92 Å². The van der Waals surface area contributed by atoms with Gasteiger partial charge in [-0.05, 0) is 25.7 Å². The van der Waals surface area contributed by atoms with Gasteiger partial charge in [0.1, 0.15) is 6.04 Å². The Morgan fingerprint density at radius 3 is 2.28 bits per heavy atom. The molecule has 0 aliphatic rings. The Labute approximate surface area is 109 Å². The van der Waals surface area contributed by atoms with E-state index in [1.807, 2.05) is 13.8 Å². The normalized spacial score (nSPS) is 15.6. The second-order valence-electron chi connectivity index (χ2n) is 4.78. The first kappa shape index (κ1) is 17.3. The average Bonchev–Trinajstić information content (AvgIpc) is 2.23. The van der Waals surface area contributed by atoms with Crippen molar-refractivity contribution in [3.8, 4) is 0 Å². The number of aliphatic carboxylic acids is 1. The molecule has 0 aromatic carbocycles. The van der Waals surface area contributed by atoms with Gasteiger partial charge in [-0.1, -0.05) is 13.8 Å². The van der Waals surface area contributed by atoms with Crippen LogP contribution in [-0.4, -0.2) is 44.5 Å². The summed E-state index contributed by atoms with van der Waals surface area (Å²) in [6.07, 6.45) is 0.603. The van der Waals surface area contributed by atoms with E-state index in [1.165, 1.54) is 14.0 Å². The van der Waals surface area contributed by atoms with Gasteiger partial charge in [-0.2, -0.15) is 0 Å². The number of hydrogen-bond acceptors (Lipinski definition) is 4. The molecule has 0 aromatic heterocycles. The standard InChI is InChI=1S/C11H23NO5S/c1-8(2)7-10(11(13)14)12-18(15,16)9(3)5-6-17-4/h8-10,12H,5-7H2,1-4H3,(H,13,14)/t9?,10-/m0/s1. The first-order valence-electron chi connectivity index (χ1n) is 5.93. The van der Waals surface area contributed by atoms with Crippen molar-refractivity contribution in [3.05, 3.63) is 0 Å². The number of sulfonamides is 1. The van der Waals surface area contributed by atoms with Crippen LogP contribution in [0.15, 0.2) is 0 Å². The second-order valence-corrected chi connectivity index (χ2v) is 6.91. The van der Waals surface area contributed by atoms with Gasteiger partial charge in [0.15, 0.2) is 0 Å². The fourth-order valence-corrected chi connectivity index (χ4v) is 2.66. The highest BCUT2D eigenvalue weighted by atomic mass is 32.2. The van der Waals surface area contributed by atoms with Gasteiger partial charge in [-0.3, -0.25) is 4.79 Å². The summed E-state index contributed by atoms with van der Waals surface area (Å²) in [5.41, 5.74) is 0. The van der Waals surface area contributed by atoms with Crippen LogP contribution in [0.1, 0.15) is 33.6 Å². The summed E-state index contributed by atoms with van der Waals surface area (Å²) in [5.74, 6) is -1.05. The highest BCUT2D eigenvalue weighted by molar-refractivity contribution is 7.90. The lowest BCUT2D eigenvalue weighted by Gasteiger charge is -2.19. The molecule has 7 heteroatoms. The van der Waals surface area contributed by atoms with E-state index < -0.39 is 27.3 Å². The third-order valence-corrected chi connectivity index (χ3v) is 4.48. The van der Waals surface area contributed by atoms with E-state index in [0.29, 0.717) is 13.0 Å². The molecule has 108 valence electrons. The maximum atomic E-state index is 11.9. The fourth-order valence-electron chi connectivity index (χ4n) is 1.42. The number of nitrogens with one attached hydrogen (secondary N) is 1. The van der Waals surface area contributed by atoms with Gasteiger partial charge in [0, 0.05) is 13.7 Å². The lowest BCUT2D eigenvalue weighted by atomic mass is 10.1. The average molecular weight is 281 g/mol. The molecule has 0 aliphatic carbocycles. The molecule has 0 radical (unpaired) electrons. The first-order chi connectivity index (χ1) is 8.20. The number of carbonyl (C=O) groups is 1. The number of hydrogen-bond donors (Lipinski definition) is 2. The molecule has 0 aromatic rings. The van der Waals surface area contributed by atoms with Crippen molar-refractivity contribution in [2.45, 2.75) is 44.9 Å². The highest BCUT2D eigenvalue weighted by Gasteiger charge is 2.28. The minimum atomic E-state index is -3.63. The molecule has 6 nitrogen and oxygen atoms in total. The van der Waals surface area contributed by atoms with Crippen LogP contribution in [-0.2, 0) is 19.6 Å². The summed E-state index contributed by atoms with van der Waals surface area (Å²) >= 11 is 0. The molecular weight excluding hydrogens is 258 g/mol. The number of carboxylic acids is 1. The van der Waals surface area contributed by atoms with Crippen LogP contribution in [0.25, 0.3) is 0 Å². The van der Waals surface area contributed by atoms with E-state index >= 15 is 0 Å². The van der Waals surface area contributed by atoms with E-state index in [-0.39, 0.29) is 12.3 Å². The van der Waals surface area contributed by atoms with Gasteiger partial charge in [-0.15, -0.1) is 0 Å². The Kier molecular flexibility index (Phi) is 7.42. The first-order valence-corrected chi connectivity index (χ1v) is 7.48. The van der Waals surface area contributed by atoms with Crippen LogP contribution >= 0.6 is 0 Å². The quantitative estimate of drug-likeness (QED) is 0.653. The monoisotopic (exact) mass is 281 g/mol. The van der Waals surface area contributed by atoms with E-state index in [4.69, 9.17) is 9.84 Å².